The normalized spacial score (nSPS) is 55.8. The van der Waals surface area contributed by atoms with Crippen molar-refractivity contribution in [3.63, 3.8) is 0 Å². The number of hydrogen-bond acceptors (Lipinski definition) is 14. The van der Waals surface area contributed by atoms with Gasteiger partial charge in [-0.2, -0.15) is 0 Å². The van der Waals surface area contributed by atoms with E-state index in [1.54, 1.807) is 26.8 Å². The Hall–Kier alpha value is -2.59. The summed E-state index contributed by atoms with van der Waals surface area (Å²) in [5, 5.41) is 25.6. The van der Waals surface area contributed by atoms with E-state index in [2.05, 4.69) is 0 Å². The van der Waals surface area contributed by atoms with Gasteiger partial charge in [-0.1, -0.05) is 19.9 Å². The van der Waals surface area contributed by atoms with Crippen LogP contribution in [0.5, 0.6) is 0 Å². The van der Waals surface area contributed by atoms with Crippen LogP contribution in [0, 0.1) is 34.0 Å². The summed E-state index contributed by atoms with van der Waals surface area (Å²) in [6.45, 7) is 10.2. The lowest BCUT2D eigenvalue weighted by Crippen LogP contribution is -2.78. The molecule has 4 saturated heterocycles. The number of rotatable bonds is 5. The predicted octanol–water partition coefficient (Wildman–Crippen LogP) is 1.30. The second-order valence-electron chi connectivity index (χ2n) is 15.9. The van der Waals surface area contributed by atoms with Gasteiger partial charge >= 0.3 is 17.9 Å². The van der Waals surface area contributed by atoms with Crippen LogP contribution in [0.15, 0.2) is 24.0 Å². The fourth-order valence-corrected chi connectivity index (χ4v) is 12.3. The summed E-state index contributed by atoms with van der Waals surface area (Å²) in [6.07, 6.45) is -0.609. The Bertz CT molecular complexity index is 1560. The molecular formula is C35H46O14. The van der Waals surface area contributed by atoms with E-state index in [4.69, 9.17) is 42.6 Å². The van der Waals surface area contributed by atoms with Gasteiger partial charge in [-0.05, 0) is 33.3 Å². The molecule has 5 aliphatic heterocycles. The number of carbonyl (C=O) groups is 3. The molecule has 8 aliphatic rings. The lowest BCUT2D eigenvalue weighted by Gasteiger charge is -2.66. The molecule has 0 amide bonds. The largest absolute Gasteiger partial charge is 0.469 e. The molecule has 1 spiro atoms. The molecule has 14 heteroatoms. The second-order valence-corrected chi connectivity index (χ2v) is 15.9. The number of fused-ring (bicyclic) bond motifs is 11. The summed E-state index contributed by atoms with van der Waals surface area (Å²) in [7, 11) is 2.57. The third kappa shape index (κ3) is 3.45. The number of hydrogen-bond donors (Lipinski definition) is 2. The third-order valence-corrected chi connectivity index (χ3v) is 14.3. The monoisotopic (exact) mass is 690 g/mol. The molecule has 8 rings (SSSR count). The predicted molar refractivity (Wildman–Crippen MR) is 163 cm³/mol. The van der Waals surface area contributed by atoms with Crippen molar-refractivity contribution in [3.8, 4) is 0 Å². The van der Waals surface area contributed by atoms with E-state index in [0.29, 0.717) is 5.57 Å². The van der Waals surface area contributed by atoms with Crippen LogP contribution in [0.4, 0.5) is 0 Å². The number of allylic oxidation sites excluding steroid dienone is 1. The van der Waals surface area contributed by atoms with Crippen molar-refractivity contribution in [1.82, 2.24) is 0 Å². The Balaban J connectivity index is 1.38. The van der Waals surface area contributed by atoms with Crippen LogP contribution >= 0.6 is 0 Å². The Morgan fingerprint density at radius 2 is 1.73 bits per heavy atom. The molecule has 3 aliphatic carbocycles. The number of ether oxygens (including phenoxy) is 9. The average Bonchev–Trinajstić information content (AvgIpc) is 3.82. The molecule has 0 radical (unpaired) electrons. The molecule has 49 heavy (non-hydrogen) atoms. The van der Waals surface area contributed by atoms with Gasteiger partial charge in [0.2, 0.25) is 6.29 Å². The number of methoxy groups -OCH3 is 2. The lowest BCUT2D eigenvalue weighted by molar-refractivity contribution is -0.318. The highest BCUT2D eigenvalue weighted by Gasteiger charge is 2.94. The first-order valence-electron chi connectivity index (χ1n) is 17.0. The molecular weight excluding hydrogens is 644 g/mol. The van der Waals surface area contributed by atoms with Crippen LogP contribution < -0.4 is 0 Å². The van der Waals surface area contributed by atoms with E-state index >= 15 is 0 Å². The highest BCUT2D eigenvalue weighted by Crippen LogP contribution is 2.81. The topological polar surface area (TPSA) is 175 Å². The van der Waals surface area contributed by atoms with Crippen LogP contribution in [-0.4, -0.2) is 115 Å². The van der Waals surface area contributed by atoms with Gasteiger partial charge in [0.25, 0.3) is 5.79 Å². The molecule has 0 aromatic carbocycles. The average molecular weight is 691 g/mol. The van der Waals surface area contributed by atoms with Gasteiger partial charge in [0.05, 0.1) is 44.9 Å². The van der Waals surface area contributed by atoms with Crippen molar-refractivity contribution in [1.29, 1.82) is 0 Å². The molecule has 7 fully saturated rings. The molecule has 16 atom stereocenters. The second kappa shape index (κ2) is 10.0. The van der Waals surface area contributed by atoms with E-state index < -0.39 is 111 Å². The van der Waals surface area contributed by atoms with Gasteiger partial charge in [-0.3, -0.25) is 4.79 Å². The summed E-state index contributed by atoms with van der Waals surface area (Å²) < 4.78 is 56.4. The van der Waals surface area contributed by atoms with E-state index in [1.807, 2.05) is 13.8 Å². The molecule has 0 unspecified atom stereocenters. The van der Waals surface area contributed by atoms with E-state index in [-0.39, 0.29) is 26.1 Å². The fraction of sp³-hybridized carbons (Fsp3) is 0.800. The highest BCUT2D eigenvalue weighted by molar-refractivity contribution is 5.87. The quantitative estimate of drug-likeness (QED) is 0.240. The van der Waals surface area contributed by atoms with Crippen LogP contribution in [0.2, 0.25) is 0 Å². The molecule has 0 aromatic heterocycles. The summed E-state index contributed by atoms with van der Waals surface area (Å²) in [4.78, 5) is 40.4. The first kappa shape index (κ1) is 33.5. The smallest absolute Gasteiger partial charge is 0.366 e. The number of esters is 3. The zero-order chi connectivity index (χ0) is 35.3. The zero-order valence-electron chi connectivity index (χ0n) is 29.1. The molecule has 2 N–H and O–H groups in total. The van der Waals surface area contributed by atoms with Crippen molar-refractivity contribution in [3.05, 3.63) is 24.0 Å². The minimum absolute atomic E-state index is 0.0620. The summed E-state index contributed by atoms with van der Waals surface area (Å²) in [6, 6.07) is 0. The molecule has 3 saturated carbocycles. The Morgan fingerprint density at radius 1 is 1.00 bits per heavy atom. The van der Waals surface area contributed by atoms with E-state index in [9.17, 15) is 24.6 Å². The SMILES string of the molecule is C/C=C(\C)C(=O)O[C@@H]1C[C@H](OC(C)=O)[C@]23CO[C@](OC)(C(=O)OC)[C@H]2[C@@]2(C)[C@H](O[C@]4(C)[C@H]5C[C@H](O[C@@H]6OC=C[C@@]65O)[C@]24O)[C@@H]2OC[C@@]1(C)[C@H]23. The first-order chi connectivity index (χ1) is 23.0. The van der Waals surface area contributed by atoms with Crippen molar-refractivity contribution in [2.24, 2.45) is 34.0 Å². The highest BCUT2D eigenvalue weighted by atomic mass is 16.7. The Kier molecular flexibility index (Phi) is 6.88. The van der Waals surface area contributed by atoms with Crippen molar-refractivity contribution in [2.75, 3.05) is 27.4 Å². The van der Waals surface area contributed by atoms with Gasteiger partial charge in [0, 0.05) is 60.0 Å². The third-order valence-electron chi connectivity index (χ3n) is 14.3. The summed E-state index contributed by atoms with van der Waals surface area (Å²) >= 11 is 0. The molecule has 0 aromatic rings. The zero-order valence-corrected chi connectivity index (χ0v) is 29.1. The summed E-state index contributed by atoms with van der Waals surface area (Å²) in [5.74, 6) is -6.44. The maximum Gasteiger partial charge on any atom is 0.366 e. The maximum atomic E-state index is 14.1. The van der Waals surface area contributed by atoms with Crippen LogP contribution in [0.25, 0.3) is 0 Å². The van der Waals surface area contributed by atoms with Gasteiger partial charge in [-0.25, -0.2) is 9.59 Å². The van der Waals surface area contributed by atoms with Crippen molar-refractivity contribution < 1.29 is 67.2 Å². The fourth-order valence-electron chi connectivity index (χ4n) is 12.3. The first-order valence-corrected chi connectivity index (χ1v) is 17.0. The van der Waals surface area contributed by atoms with E-state index in [0.717, 1.165) is 0 Å². The van der Waals surface area contributed by atoms with Gasteiger partial charge < -0.3 is 52.8 Å². The van der Waals surface area contributed by atoms with E-state index in [1.165, 1.54) is 33.5 Å². The Labute approximate surface area is 284 Å². The minimum atomic E-state index is -2.11. The molecule has 2 bridgehead atoms. The molecule has 14 nitrogen and oxygen atoms in total. The number of carbonyl (C=O) groups excluding carboxylic acids is 3. The van der Waals surface area contributed by atoms with Gasteiger partial charge in [0.15, 0.2) is 5.60 Å². The summed E-state index contributed by atoms with van der Waals surface area (Å²) in [5.41, 5.74) is -8.23. The van der Waals surface area contributed by atoms with Gasteiger partial charge in [0.1, 0.15) is 23.4 Å². The standard InChI is InChI=1S/C35H46O14/c1-9-16(2)25(37)47-19-13-20(46-17(3)36)32-15-45-34(42-8,27(38)41-7)26(32)30(5)24(22-23(32)29(19,4)14-44-22)49-31(6)18-12-21(35(30,31)40)48-28-33(18,39)10-11-43-28/h9-11,18-24,26,28,39-40H,12-15H2,1-8H3/b16-9+/t18-,19-,20+,21+,22-,23+,24-,26+,28+,29-,30-,31-,32+,33+,34+,35+/m1/s1. The lowest BCUT2D eigenvalue weighted by atomic mass is 9.37. The van der Waals surface area contributed by atoms with Crippen LogP contribution in [0.1, 0.15) is 54.4 Å². The van der Waals surface area contributed by atoms with Crippen LogP contribution in [0.3, 0.4) is 0 Å². The molecule has 5 heterocycles. The minimum Gasteiger partial charge on any atom is -0.469 e. The number of aliphatic hydroxyl groups is 2. The van der Waals surface area contributed by atoms with Gasteiger partial charge in [-0.15, -0.1) is 0 Å². The maximum absolute atomic E-state index is 14.1. The van der Waals surface area contributed by atoms with Crippen molar-refractivity contribution in [2.45, 2.75) is 114 Å². The molecule has 270 valence electrons. The Morgan fingerprint density at radius 3 is 2.39 bits per heavy atom. The van der Waals surface area contributed by atoms with Crippen molar-refractivity contribution >= 4 is 17.9 Å². The van der Waals surface area contributed by atoms with Crippen LogP contribution in [-0.2, 0) is 57.0 Å².